The predicted molar refractivity (Wildman–Crippen MR) is 93.7 cm³/mol. The van der Waals surface area contributed by atoms with E-state index in [1.807, 2.05) is 13.8 Å². The van der Waals surface area contributed by atoms with Gasteiger partial charge in [0, 0.05) is 23.2 Å². The molecule has 1 aromatic carbocycles. The summed E-state index contributed by atoms with van der Waals surface area (Å²) in [4.78, 5) is 12.6. The number of amides is 1. The molecule has 24 heavy (non-hydrogen) atoms. The van der Waals surface area contributed by atoms with E-state index in [0.29, 0.717) is 24.3 Å². The van der Waals surface area contributed by atoms with Crippen LogP contribution in [0.4, 0.5) is 0 Å². The molecule has 0 saturated heterocycles. The number of nitrogens with zero attached hydrogens (tertiary/aromatic N) is 1. The van der Waals surface area contributed by atoms with Gasteiger partial charge in [0.1, 0.15) is 0 Å². The van der Waals surface area contributed by atoms with E-state index in [9.17, 15) is 4.79 Å². The summed E-state index contributed by atoms with van der Waals surface area (Å²) >= 11 is 0. The summed E-state index contributed by atoms with van der Waals surface area (Å²) in [6.07, 6.45) is 4.27. The lowest BCUT2D eigenvalue weighted by molar-refractivity contribution is -0.123. The summed E-state index contributed by atoms with van der Waals surface area (Å²) in [5, 5.41) is 10.5. The van der Waals surface area contributed by atoms with Crippen molar-refractivity contribution in [1.82, 2.24) is 15.5 Å². The van der Waals surface area contributed by atoms with Gasteiger partial charge in [0.05, 0.1) is 12.1 Å². The van der Waals surface area contributed by atoms with Crippen molar-refractivity contribution in [2.75, 3.05) is 0 Å². The Labute approximate surface area is 143 Å². The Morgan fingerprint density at radius 3 is 2.67 bits per heavy atom. The Hall–Kier alpha value is -2.10. The number of hydrogen-bond donors (Lipinski definition) is 2. The number of H-pyrrole nitrogens is 1. The van der Waals surface area contributed by atoms with Crippen LogP contribution in [0.1, 0.15) is 47.7 Å². The summed E-state index contributed by atoms with van der Waals surface area (Å²) in [5.41, 5.74) is 4.33. The Morgan fingerprint density at radius 1 is 1.21 bits per heavy atom. The fourth-order valence-corrected chi connectivity index (χ4v) is 4.85. The third kappa shape index (κ3) is 2.54. The van der Waals surface area contributed by atoms with Crippen molar-refractivity contribution < 1.29 is 4.79 Å². The zero-order chi connectivity index (χ0) is 16.7. The lowest BCUT2D eigenvalue weighted by Crippen LogP contribution is -2.56. The van der Waals surface area contributed by atoms with Crippen molar-refractivity contribution >= 4 is 5.91 Å². The molecule has 4 heteroatoms. The van der Waals surface area contributed by atoms with Crippen LogP contribution >= 0.6 is 0 Å². The van der Waals surface area contributed by atoms with Crippen LogP contribution < -0.4 is 5.32 Å². The maximum Gasteiger partial charge on any atom is 0.224 e. The van der Waals surface area contributed by atoms with Gasteiger partial charge < -0.3 is 5.32 Å². The lowest BCUT2D eigenvalue weighted by atomic mass is 9.60. The van der Waals surface area contributed by atoms with Crippen molar-refractivity contribution in [3.63, 3.8) is 0 Å². The molecule has 1 heterocycles. The Morgan fingerprint density at radius 2 is 1.96 bits per heavy atom. The van der Waals surface area contributed by atoms with E-state index < -0.39 is 0 Å². The molecule has 0 spiro atoms. The second-order valence-electron chi connectivity index (χ2n) is 7.38. The normalized spacial score (nSPS) is 28.2. The summed E-state index contributed by atoms with van der Waals surface area (Å²) in [6.45, 7) is 3.93. The summed E-state index contributed by atoms with van der Waals surface area (Å²) in [6, 6.07) is 11.0. The van der Waals surface area contributed by atoms with Crippen LogP contribution in [-0.4, -0.2) is 22.1 Å². The van der Waals surface area contributed by atoms with E-state index >= 15 is 0 Å². The largest absolute Gasteiger partial charge is 0.352 e. The highest BCUT2D eigenvalue weighted by Crippen LogP contribution is 2.55. The molecule has 1 amide bonds. The number of aromatic nitrogens is 2. The van der Waals surface area contributed by atoms with Gasteiger partial charge in [0.25, 0.3) is 0 Å². The highest BCUT2D eigenvalue weighted by Gasteiger charge is 2.53. The standard InChI is InChI=1S/C20H25N3O/c1-12-17(13(2)23-22-12)11-18(24)21-20-16-10-6-9-15(16)19(20)14-7-4-3-5-8-14/h3-5,7-8,15-16,19-20H,6,9-11H2,1-2H3,(H,21,24)(H,22,23)/t15-,16+,19-,20+/m0/s1. The minimum absolute atomic E-state index is 0.124. The van der Waals surface area contributed by atoms with Crippen LogP contribution in [0.3, 0.4) is 0 Å². The first-order chi connectivity index (χ1) is 11.6. The number of rotatable bonds is 4. The Kier molecular flexibility index (Phi) is 3.91. The first kappa shape index (κ1) is 15.4. The first-order valence-electron chi connectivity index (χ1n) is 9.00. The monoisotopic (exact) mass is 323 g/mol. The van der Waals surface area contributed by atoms with Crippen molar-refractivity contribution in [3.05, 3.63) is 52.8 Å². The zero-order valence-corrected chi connectivity index (χ0v) is 14.4. The summed E-state index contributed by atoms with van der Waals surface area (Å²) < 4.78 is 0. The smallest absolute Gasteiger partial charge is 0.224 e. The molecule has 126 valence electrons. The minimum Gasteiger partial charge on any atom is -0.352 e. The number of carbonyl (C=O) groups is 1. The third-order valence-electron chi connectivity index (χ3n) is 6.06. The molecule has 2 N–H and O–H groups in total. The Balaban J connectivity index is 1.49. The van der Waals surface area contributed by atoms with E-state index in [1.54, 1.807) is 0 Å². The van der Waals surface area contributed by atoms with Gasteiger partial charge in [-0.2, -0.15) is 5.10 Å². The van der Waals surface area contributed by atoms with Crippen LogP contribution in [-0.2, 0) is 11.2 Å². The number of nitrogens with one attached hydrogen (secondary N) is 2. The van der Waals surface area contributed by atoms with Gasteiger partial charge in [0.2, 0.25) is 5.91 Å². The predicted octanol–water partition coefficient (Wildman–Crippen LogP) is 3.27. The van der Waals surface area contributed by atoms with E-state index in [4.69, 9.17) is 0 Å². The molecule has 2 fully saturated rings. The number of fused-ring (bicyclic) bond motifs is 1. The van der Waals surface area contributed by atoms with E-state index in [2.05, 4.69) is 45.8 Å². The van der Waals surface area contributed by atoms with Crippen LogP contribution in [0.25, 0.3) is 0 Å². The molecular weight excluding hydrogens is 298 g/mol. The number of aromatic amines is 1. The number of benzene rings is 1. The van der Waals surface area contributed by atoms with Gasteiger partial charge >= 0.3 is 0 Å². The SMILES string of the molecule is Cc1n[nH]c(C)c1CC(=O)N[C@@H]1[C@@H]2CCC[C@@H]2[C@@H]1c1ccccc1. The Bertz CT molecular complexity index is 717. The quantitative estimate of drug-likeness (QED) is 0.907. The van der Waals surface area contributed by atoms with Crippen molar-refractivity contribution in [1.29, 1.82) is 0 Å². The molecule has 2 saturated carbocycles. The second kappa shape index (κ2) is 6.08. The number of carbonyl (C=O) groups excluding carboxylic acids is 1. The molecule has 4 rings (SSSR count). The van der Waals surface area contributed by atoms with Crippen molar-refractivity contribution in [2.45, 2.75) is 51.5 Å². The van der Waals surface area contributed by atoms with Crippen molar-refractivity contribution in [3.8, 4) is 0 Å². The molecule has 0 bridgehead atoms. The second-order valence-corrected chi connectivity index (χ2v) is 7.38. The van der Waals surface area contributed by atoms with Gasteiger partial charge in [-0.05, 0) is 44.1 Å². The summed E-state index contributed by atoms with van der Waals surface area (Å²) in [5.74, 6) is 2.01. The van der Waals surface area contributed by atoms with E-state index in [1.165, 1.54) is 24.8 Å². The average Bonchev–Trinajstić information content (AvgIpc) is 3.12. The van der Waals surface area contributed by atoms with Gasteiger partial charge in [-0.15, -0.1) is 0 Å². The fraction of sp³-hybridized carbons (Fsp3) is 0.500. The molecule has 2 aliphatic carbocycles. The molecule has 0 aliphatic heterocycles. The molecular formula is C20H25N3O. The van der Waals surface area contributed by atoms with Crippen LogP contribution in [0, 0.1) is 25.7 Å². The summed E-state index contributed by atoms with van der Waals surface area (Å²) in [7, 11) is 0. The van der Waals surface area contributed by atoms with Crippen molar-refractivity contribution in [2.24, 2.45) is 11.8 Å². The third-order valence-corrected chi connectivity index (χ3v) is 6.06. The van der Waals surface area contributed by atoms with Crippen LogP contribution in [0.2, 0.25) is 0 Å². The molecule has 2 aromatic rings. The van der Waals surface area contributed by atoms with Gasteiger partial charge in [-0.25, -0.2) is 0 Å². The molecule has 0 radical (unpaired) electrons. The van der Waals surface area contributed by atoms with Gasteiger partial charge in [-0.3, -0.25) is 9.89 Å². The fourth-order valence-electron chi connectivity index (χ4n) is 4.85. The van der Waals surface area contributed by atoms with Crippen LogP contribution in [0.5, 0.6) is 0 Å². The highest BCUT2D eigenvalue weighted by molar-refractivity contribution is 5.79. The maximum absolute atomic E-state index is 12.6. The minimum atomic E-state index is 0.124. The van der Waals surface area contributed by atoms with E-state index in [-0.39, 0.29) is 5.91 Å². The highest BCUT2D eigenvalue weighted by atomic mass is 16.1. The maximum atomic E-state index is 12.6. The average molecular weight is 323 g/mol. The van der Waals surface area contributed by atoms with Crippen LogP contribution in [0.15, 0.2) is 30.3 Å². The lowest BCUT2D eigenvalue weighted by Gasteiger charge is -2.49. The van der Waals surface area contributed by atoms with Gasteiger partial charge in [0.15, 0.2) is 0 Å². The first-order valence-corrected chi connectivity index (χ1v) is 9.00. The molecule has 0 unspecified atom stereocenters. The van der Waals surface area contributed by atoms with E-state index in [0.717, 1.165) is 22.9 Å². The number of hydrogen-bond acceptors (Lipinski definition) is 2. The molecule has 2 aliphatic rings. The number of aryl methyl sites for hydroxylation is 2. The molecule has 4 atom stereocenters. The van der Waals surface area contributed by atoms with Gasteiger partial charge in [-0.1, -0.05) is 36.8 Å². The zero-order valence-electron chi connectivity index (χ0n) is 14.4. The molecule has 4 nitrogen and oxygen atoms in total. The molecule has 1 aromatic heterocycles. The topological polar surface area (TPSA) is 57.8 Å².